The summed E-state index contributed by atoms with van der Waals surface area (Å²) < 4.78 is 140. The van der Waals surface area contributed by atoms with Gasteiger partial charge >= 0.3 is 235 Å². The van der Waals surface area contributed by atoms with E-state index in [4.69, 9.17) is 28.0 Å². The van der Waals surface area contributed by atoms with Gasteiger partial charge in [0, 0.05) is 0 Å². The van der Waals surface area contributed by atoms with E-state index in [0.717, 1.165) is 40.6 Å². The van der Waals surface area contributed by atoms with E-state index in [-0.39, 0.29) is 25.5 Å². The summed E-state index contributed by atoms with van der Waals surface area (Å²) in [5.41, 5.74) is 1.85. The summed E-state index contributed by atoms with van der Waals surface area (Å²) in [5, 5.41) is 7.94. The summed E-state index contributed by atoms with van der Waals surface area (Å²) in [4.78, 5) is 11.6. The van der Waals surface area contributed by atoms with Crippen LogP contribution in [0.5, 0.6) is 0 Å². The Bertz CT molecular complexity index is 2120. The van der Waals surface area contributed by atoms with Crippen LogP contribution in [0, 0.1) is 36.5 Å². The first kappa shape index (κ1) is 88.5. The predicted molar refractivity (Wildman–Crippen MR) is 351 cm³/mol. The third-order valence-corrected chi connectivity index (χ3v) is 23.0. The number of hydrogen-bond acceptors (Lipinski definition) is 3. The zero-order valence-corrected chi connectivity index (χ0v) is 62.2. The van der Waals surface area contributed by atoms with E-state index < -0.39 is 61.7 Å². The molecule has 6 aliphatic rings. The molecule has 2 unspecified atom stereocenters. The first-order valence-corrected chi connectivity index (χ1v) is 41.0. The molecule has 1 N–H and O–H groups in total. The molecule has 0 radical (unpaired) electrons. The summed E-state index contributed by atoms with van der Waals surface area (Å²) in [7, 11) is 17.1. The van der Waals surface area contributed by atoms with Crippen LogP contribution in [0.15, 0.2) is 52.0 Å². The second kappa shape index (κ2) is 45.9. The van der Waals surface area contributed by atoms with Crippen molar-refractivity contribution in [2.45, 2.75) is 301 Å². The zero-order chi connectivity index (χ0) is 66.8. The third-order valence-electron chi connectivity index (χ3n) is 17.4. The second-order valence-electron chi connectivity index (χ2n) is 25.9. The maximum absolute atomic E-state index is 11.6. The standard InChI is InChI=1S/C12H17N.2C12H22.C7H6.C6H10O.2C6H13P.C4H4F6O.C2F6.CH3.2ClH.Mo.Ru/c1-8(2)10-6-5-7-11(9(3)4)12(10)13;2*1-3-7-11(8-4-1)12-9-5-2-6-10-12;1-7-5-3-2-4-6-7;1-5(7)6(2,3)4;2*7-6-4-2-1-3-5-6;1-2(11,3(5,6)7)4(8,9)10;3-1(4,5)2(6,7)8;;;;;/h5-9H,1-4H3;2*11-12H,1-10H2;1-6H;2H,1,3-4H3;2*6H,1-5,7H2;11H,1H3;;1H3;2*1H;;/q;;;;;;;;;-1;;;;+2/p-2. The van der Waals surface area contributed by atoms with Gasteiger partial charge in [0.15, 0.2) is 0 Å². The van der Waals surface area contributed by atoms with Crippen molar-refractivity contribution in [2.24, 2.45) is 32.6 Å². The van der Waals surface area contributed by atoms with Gasteiger partial charge in [-0.1, -0.05) is 167 Å². The molecule has 0 heterocycles. The van der Waals surface area contributed by atoms with Crippen molar-refractivity contribution in [1.29, 1.82) is 0 Å². The van der Waals surface area contributed by atoms with E-state index in [2.05, 4.69) is 68.8 Å². The Hall–Kier alpha value is -0.478. The van der Waals surface area contributed by atoms with Crippen molar-refractivity contribution in [3.05, 3.63) is 72.6 Å². The van der Waals surface area contributed by atoms with E-state index in [0.29, 0.717) is 11.8 Å². The Labute approximate surface area is 555 Å². The average molecular weight is 1530 g/mol. The van der Waals surface area contributed by atoms with Gasteiger partial charge < -0.3 is 12.5 Å². The van der Waals surface area contributed by atoms with Gasteiger partial charge in [0.25, 0.3) is 5.60 Å². The maximum atomic E-state index is 11.6. The quantitative estimate of drug-likeness (QED) is 0.124. The van der Waals surface area contributed by atoms with Crippen LogP contribution < -0.4 is 0 Å². The summed E-state index contributed by atoms with van der Waals surface area (Å²) in [6, 6.07) is 16.4. The van der Waals surface area contributed by atoms with E-state index >= 15 is 0 Å². The van der Waals surface area contributed by atoms with Gasteiger partial charge in [-0.3, -0.25) is 0 Å². The number of aliphatic hydroxyl groups is 1. The minimum atomic E-state index is -6.06. The van der Waals surface area contributed by atoms with Gasteiger partial charge in [-0.2, -0.15) is 52.7 Å². The second-order valence-corrected chi connectivity index (χ2v) is 35.0. The predicted octanol–water partition coefficient (Wildman–Crippen LogP) is 25.1. The van der Waals surface area contributed by atoms with Crippen LogP contribution in [0.25, 0.3) is 0 Å². The number of Topliss-reactive ketones (excluding diaryl/α,β-unsaturated/α-hetero) is 1. The Kier molecular flexibility index (Phi) is 45.6. The SMILES string of the molecule is C1CCC(C2CCCCC2)CC1.C1CCC(C2CCCCC2)CC1.CC(=O)C(C)(C)[CH]=[Mo]=[N]c1c(C(C)C)cccc1C(C)C.CC(O)(C(F)(F)F)C(F)(F)F.FC(F)(F)C(F)(F)F.PC1CCCCC1.PC1CCCCC1.[CH3-].[Cl][Ru]([Cl])=[CH]c1ccccc1. The van der Waals surface area contributed by atoms with E-state index in [1.54, 1.807) is 58.3 Å². The number of benzene rings is 2. The molecular weight excluding hydrogens is 1420 g/mol. The molecule has 0 aliphatic heterocycles. The molecule has 0 bridgehead atoms. The van der Waals surface area contributed by atoms with Crippen LogP contribution >= 0.6 is 37.9 Å². The molecule has 0 saturated heterocycles. The molecule has 6 fully saturated rings. The Morgan fingerprint density at radius 1 is 0.506 bits per heavy atom. The average Bonchev–Trinajstić information content (AvgIpc) is 1.33. The number of alkyl halides is 12. The fourth-order valence-electron chi connectivity index (χ4n) is 11.4. The van der Waals surface area contributed by atoms with Crippen molar-refractivity contribution >= 4 is 58.3 Å². The van der Waals surface area contributed by atoms with Gasteiger partial charge in [-0.25, -0.2) is 0 Å². The number of halogens is 14. The van der Waals surface area contributed by atoms with Crippen LogP contribution in [0.1, 0.15) is 277 Å². The van der Waals surface area contributed by atoms with Crippen molar-refractivity contribution in [2.75, 3.05) is 0 Å². The molecular formula is C68H110Cl2F12MoNO2P2Ru-. The number of rotatable bonds is 8. The molecule has 0 amide bonds. The van der Waals surface area contributed by atoms with Gasteiger partial charge in [-0.05, 0) is 67.6 Å². The zero-order valence-electron chi connectivity index (χ0n) is 54.6. The summed E-state index contributed by atoms with van der Waals surface area (Å²) >= 11 is -2.29. The van der Waals surface area contributed by atoms with Crippen LogP contribution in [0.3, 0.4) is 0 Å². The molecule has 0 spiro atoms. The number of hydrogen-bond donors (Lipinski definition) is 1. The first-order valence-electron chi connectivity index (χ1n) is 32.2. The topological polar surface area (TPSA) is 49.7 Å². The van der Waals surface area contributed by atoms with Gasteiger partial charge in [-0.15, -0.1) is 18.5 Å². The molecule has 89 heavy (non-hydrogen) atoms. The summed E-state index contributed by atoms with van der Waals surface area (Å²) in [5.74, 6) is 5.70. The van der Waals surface area contributed by atoms with Crippen LogP contribution in [0.4, 0.5) is 58.4 Å². The normalized spacial score (nSPS) is 18.9. The van der Waals surface area contributed by atoms with Crippen molar-refractivity contribution in [1.82, 2.24) is 0 Å². The van der Waals surface area contributed by atoms with E-state index in [1.165, 1.54) is 158 Å². The van der Waals surface area contributed by atoms with Crippen molar-refractivity contribution in [3.63, 3.8) is 0 Å². The van der Waals surface area contributed by atoms with Crippen molar-refractivity contribution < 1.29 is 94.0 Å². The molecule has 6 saturated carbocycles. The molecule has 522 valence electrons. The van der Waals surface area contributed by atoms with Gasteiger partial charge in [0.1, 0.15) is 0 Å². The molecule has 2 atom stereocenters. The molecule has 21 heteroatoms. The molecule has 2 aromatic rings. The molecule has 8 rings (SSSR count). The van der Waals surface area contributed by atoms with Crippen LogP contribution in [-0.4, -0.2) is 61.5 Å². The van der Waals surface area contributed by atoms with E-state index in [1.807, 2.05) is 48.8 Å². The van der Waals surface area contributed by atoms with Crippen LogP contribution in [-0.2, 0) is 36.2 Å². The Balaban J connectivity index is 0.00000102. The number of ketones is 1. The van der Waals surface area contributed by atoms with Crippen molar-refractivity contribution in [3.8, 4) is 0 Å². The summed E-state index contributed by atoms with van der Waals surface area (Å²) in [6.07, 6.45) is 21.9. The first-order chi connectivity index (χ1) is 40.9. The van der Waals surface area contributed by atoms with Gasteiger partial charge in [0.05, 0.1) is 0 Å². The number of carbonyl (C=O) groups excluding carboxylic acids is 1. The van der Waals surface area contributed by atoms with Gasteiger partial charge in [0.2, 0.25) is 0 Å². The fourth-order valence-corrected chi connectivity index (χ4v) is 16.1. The molecule has 0 aromatic heterocycles. The Morgan fingerprint density at radius 3 is 0.989 bits per heavy atom. The van der Waals surface area contributed by atoms with E-state index in [9.17, 15) is 57.5 Å². The molecule has 6 aliphatic carbocycles. The number of nitrogens with zero attached hydrogens (tertiary/aromatic N) is 1. The third kappa shape index (κ3) is 38.2. The molecule has 2 aromatic carbocycles. The van der Waals surface area contributed by atoms with Crippen LogP contribution in [0.2, 0.25) is 0 Å². The monoisotopic (exact) mass is 1530 g/mol. The Morgan fingerprint density at radius 2 is 0.787 bits per heavy atom. The minimum absolute atomic E-state index is 0. The fraction of sp³-hybridized carbons (Fsp3) is 0.765. The molecule has 3 nitrogen and oxygen atoms in total. The summed E-state index contributed by atoms with van der Waals surface area (Å²) in [6.45, 7) is 14.1. The number of carbonyl (C=O) groups is 1.